The molecule has 146 valence electrons. The van der Waals surface area contributed by atoms with Crippen LogP contribution < -0.4 is 5.69 Å². The van der Waals surface area contributed by atoms with E-state index in [9.17, 15) is 4.79 Å². The summed E-state index contributed by atoms with van der Waals surface area (Å²) in [7, 11) is 0. The van der Waals surface area contributed by atoms with Gasteiger partial charge in [-0.2, -0.15) is 5.26 Å². The molecule has 29 heavy (non-hydrogen) atoms. The van der Waals surface area contributed by atoms with E-state index in [0.29, 0.717) is 24.7 Å². The van der Waals surface area contributed by atoms with E-state index < -0.39 is 0 Å². The minimum atomic E-state index is -0.00433. The molecular formula is C21H19ClN6O. The molecule has 1 aliphatic rings. The van der Waals surface area contributed by atoms with E-state index in [1.807, 2.05) is 22.8 Å². The van der Waals surface area contributed by atoms with Gasteiger partial charge in [0.15, 0.2) is 0 Å². The Bertz CT molecular complexity index is 1320. The number of hydrogen-bond donors (Lipinski definition) is 0. The van der Waals surface area contributed by atoms with Gasteiger partial charge in [-0.05, 0) is 43.5 Å². The molecule has 0 aliphatic heterocycles. The minimum absolute atomic E-state index is 0.00433. The van der Waals surface area contributed by atoms with Gasteiger partial charge in [0.1, 0.15) is 5.15 Å². The molecule has 0 N–H and O–H groups in total. The Morgan fingerprint density at radius 2 is 2.03 bits per heavy atom. The number of aryl methyl sites for hydroxylation is 1. The van der Waals surface area contributed by atoms with Gasteiger partial charge in [0.25, 0.3) is 0 Å². The van der Waals surface area contributed by atoms with Crippen LogP contribution in [0.5, 0.6) is 0 Å². The summed E-state index contributed by atoms with van der Waals surface area (Å²) in [4.78, 5) is 21.9. The maximum atomic E-state index is 13.2. The predicted molar refractivity (Wildman–Crippen MR) is 111 cm³/mol. The first-order chi connectivity index (χ1) is 14.2. The molecule has 0 amide bonds. The second kappa shape index (κ2) is 7.05. The quantitative estimate of drug-likeness (QED) is 0.359. The smallest absolute Gasteiger partial charge is 0.329 e. The van der Waals surface area contributed by atoms with E-state index >= 15 is 0 Å². The molecule has 0 atom stereocenters. The number of unbranched alkanes of at least 4 members (excludes halogenated alkanes) is 1. The van der Waals surface area contributed by atoms with Gasteiger partial charge < -0.3 is 4.57 Å². The fourth-order valence-electron chi connectivity index (χ4n) is 4.01. The van der Waals surface area contributed by atoms with Crippen molar-refractivity contribution in [2.75, 3.05) is 0 Å². The van der Waals surface area contributed by atoms with Gasteiger partial charge in [-0.25, -0.2) is 9.78 Å². The van der Waals surface area contributed by atoms with Gasteiger partial charge in [0.05, 0.1) is 40.9 Å². The lowest BCUT2D eigenvalue weighted by Crippen LogP contribution is -2.25. The SMILES string of the molecule is N#CCCCn1c(Cn2c(=O)n(C3CC3)c3ccncc32)cc2nc(Cl)ccc21. The van der Waals surface area contributed by atoms with Gasteiger partial charge >= 0.3 is 5.69 Å². The Kier molecular flexibility index (Phi) is 4.36. The fourth-order valence-corrected chi connectivity index (χ4v) is 4.16. The first-order valence-electron chi connectivity index (χ1n) is 9.73. The highest BCUT2D eigenvalue weighted by Gasteiger charge is 2.29. The maximum Gasteiger partial charge on any atom is 0.329 e. The van der Waals surface area contributed by atoms with Crippen LogP contribution in [-0.2, 0) is 13.1 Å². The second-order valence-corrected chi connectivity index (χ2v) is 7.81. The molecule has 4 aromatic rings. The number of halogens is 1. The van der Waals surface area contributed by atoms with Crippen molar-refractivity contribution < 1.29 is 0 Å². The van der Waals surface area contributed by atoms with Crippen molar-refractivity contribution in [2.45, 2.75) is 44.8 Å². The molecule has 0 aromatic carbocycles. The summed E-state index contributed by atoms with van der Waals surface area (Å²) in [5, 5.41) is 9.36. The van der Waals surface area contributed by atoms with E-state index in [-0.39, 0.29) is 11.7 Å². The molecule has 1 aliphatic carbocycles. The van der Waals surface area contributed by atoms with E-state index in [1.165, 1.54) is 0 Å². The Morgan fingerprint density at radius 3 is 2.83 bits per heavy atom. The van der Waals surface area contributed by atoms with E-state index in [4.69, 9.17) is 16.9 Å². The Labute approximate surface area is 171 Å². The molecule has 1 saturated carbocycles. The Hall–Kier alpha value is -3.11. The van der Waals surface area contributed by atoms with Crippen LogP contribution in [-0.4, -0.2) is 23.7 Å². The largest absolute Gasteiger partial charge is 0.341 e. The van der Waals surface area contributed by atoms with Crippen molar-refractivity contribution in [2.24, 2.45) is 0 Å². The highest BCUT2D eigenvalue weighted by Crippen LogP contribution is 2.36. The van der Waals surface area contributed by atoms with Gasteiger partial charge in [-0.15, -0.1) is 0 Å². The first-order valence-corrected chi connectivity index (χ1v) is 10.1. The molecule has 0 radical (unpaired) electrons. The number of nitrogens with zero attached hydrogens (tertiary/aromatic N) is 6. The van der Waals surface area contributed by atoms with E-state index in [2.05, 4.69) is 20.6 Å². The van der Waals surface area contributed by atoms with Crippen molar-refractivity contribution in [3.05, 3.63) is 58.0 Å². The van der Waals surface area contributed by atoms with Crippen LogP contribution in [0.15, 0.2) is 41.5 Å². The van der Waals surface area contributed by atoms with Crippen molar-refractivity contribution in [3.63, 3.8) is 0 Å². The van der Waals surface area contributed by atoms with Crippen molar-refractivity contribution in [3.8, 4) is 6.07 Å². The summed E-state index contributed by atoms with van der Waals surface area (Å²) >= 11 is 6.09. The van der Waals surface area contributed by atoms with Gasteiger partial charge in [-0.1, -0.05) is 11.6 Å². The third-order valence-corrected chi connectivity index (χ3v) is 5.69. The van der Waals surface area contributed by atoms with Gasteiger partial charge in [0, 0.05) is 30.9 Å². The number of pyridine rings is 2. The second-order valence-electron chi connectivity index (χ2n) is 7.42. The summed E-state index contributed by atoms with van der Waals surface area (Å²) in [6.45, 7) is 1.10. The van der Waals surface area contributed by atoms with Crippen LogP contribution in [0.3, 0.4) is 0 Å². The summed E-state index contributed by atoms with van der Waals surface area (Å²) in [6.07, 6.45) is 6.78. The summed E-state index contributed by atoms with van der Waals surface area (Å²) in [5.41, 5.74) is 4.48. The Morgan fingerprint density at radius 1 is 1.17 bits per heavy atom. The number of imidazole rings is 1. The highest BCUT2D eigenvalue weighted by molar-refractivity contribution is 6.29. The molecular weight excluding hydrogens is 388 g/mol. The van der Waals surface area contributed by atoms with Gasteiger partial charge in [0.2, 0.25) is 0 Å². The van der Waals surface area contributed by atoms with Crippen LogP contribution in [0.2, 0.25) is 5.15 Å². The molecule has 0 saturated heterocycles. The van der Waals surface area contributed by atoms with E-state index in [0.717, 1.165) is 47.0 Å². The van der Waals surface area contributed by atoms with Crippen LogP contribution in [0, 0.1) is 11.3 Å². The molecule has 0 spiro atoms. The third-order valence-electron chi connectivity index (χ3n) is 5.48. The van der Waals surface area contributed by atoms with E-state index in [1.54, 1.807) is 23.0 Å². The monoisotopic (exact) mass is 406 g/mol. The number of fused-ring (bicyclic) bond motifs is 2. The molecule has 0 bridgehead atoms. The number of nitriles is 1. The Balaban J connectivity index is 1.64. The lowest BCUT2D eigenvalue weighted by molar-refractivity contribution is 0.610. The molecule has 7 nitrogen and oxygen atoms in total. The zero-order valence-electron chi connectivity index (χ0n) is 15.8. The zero-order chi connectivity index (χ0) is 20.0. The first kappa shape index (κ1) is 18.0. The topological polar surface area (TPSA) is 81.4 Å². The molecule has 1 fully saturated rings. The summed E-state index contributed by atoms with van der Waals surface area (Å²) in [6, 6.07) is 10.1. The van der Waals surface area contributed by atoms with Crippen molar-refractivity contribution in [1.82, 2.24) is 23.7 Å². The highest BCUT2D eigenvalue weighted by atomic mass is 35.5. The normalized spacial score (nSPS) is 13.9. The lowest BCUT2D eigenvalue weighted by Gasteiger charge is -2.10. The lowest BCUT2D eigenvalue weighted by atomic mass is 10.3. The standard InChI is InChI=1S/C21H19ClN6O/c22-20-6-5-17-16(25-20)11-15(26(17)10-2-1-8-23)13-27-19-12-24-9-7-18(19)28(21(27)29)14-3-4-14/h5-7,9,11-12,14H,1-4,10,13H2. The number of rotatable bonds is 6. The molecule has 8 heteroatoms. The molecule has 4 aromatic heterocycles. The van der Waals surface area contributed by atoms with Crippen LogP contribution >= 0.6 is 11.6 Å². The van der Waals surface area contributed by atoms with Gasteiger partial charge in [-0.3, -0.25) is 14.1 Å². The minimum Gasteiger partial charge on any atom is -0.341 e. The third kappa shape index (κ3) is 3.10. The predicted octanol–water partition coefficient (Wildman–Crippen LogP) is 3.89. The fraction of sp³-hybridized carbons (Fsp3) is 0.333. The molecule has 4 heterocycles. The molecule has 0 unspecified atom stereocenters. The average molecular weight is 407 g/mol. The molecule has 5 rings (SSSR count). The average Bonchev–Trinajstić information content (AvgIpc) is 3.44. The van der Waals surface area contributed by atoms with Crippen molar-refractivity contribution >= 4 is 33.7 Å². The van der Waals surface area contributed by atoms with Crippen LogP contribution in [0.25, 0.3) is 22.1 Å². The van der Waals surface area contributed by atoms with Crippen LogP contribution in [0.1, 0.15) is 37.4 Å². The summed E-state index contributed by atoms with van der Waals surface area (Å²) in [5.74, 6) is 0. The zero-order valence-corrected chi connectivity index (χ0v) is 16.5. The maximum absolute atomic E-state index is 13.2. The van der Waals surface area contributed by atoms with Crippen LogP contribution in [0.4, 0.5) is 0 Å². The number of hydrogen-bond acceptors (Lipinski definition) is 4. The number of aromatic nitrogens is 5. The summed E-state index contributed by atoms with van der Waals surface area (Å²) < 4.78 is 5.82. The van der Waals surface area contributed by atoms with Crippen molar-refractivity contribution in [1.29, 1.82) is 5.26 Å².